The minimum atomic E-state index is 0. The predicted octanol–water partition coefficient (Wildman–Crippen LogP) is 3.41. The summed E-state index contributed by atoms with van der Waals surface area (Å²) in [6.45, 7) is 8.75. The summed E-state index contributed by atoms with van der Waals surface area (Å²) >= 11 is 0. The molecular weight excluding hydrogens is 377 g/mol. The highest BCUT2D eigenvalue weighted by atomic mass is 127. The van der Waals surface area contributed by atoms with Crippen LogP contribution < -0.4 is 15.4 Å². The Morgan fingerprint density at radius 3 is 2.57 bits per heavy atom. The van der Waals surface area contributed by atoms with Crippen LogP contribution >= 0.6 is 24.0 Å². The minimum absolute atomic E-state index is 0. The Hall–Kier alpha value is -0.980. The third-order valence-corrected chi connectivity index (χ3v) is 2.96. The summed E-state index contributed by atoms with van der Waals surface area (Å²) in [6, 6.07) is 8.08. The first kappa shape index (κ1) is 20.0. The second-order valence-electron chi connectivity index (χ2n) is 5.08. The van der Waals surface area contributed by atoms with Crippen LogP contribution in [0.4, 0.5) is 0 Å². The number of benzene rings is 1. The number of rotatable bonds is 7. The van der Waals surface area contributed by atoms with E-state index in [0.29, 0.717) is 19.1 Å². The number of guanidine groups is 1. The molecule has 4 nitrogen and oxygen atoms in total. The molecule has 0 bridgehead atoms. The van der Waals surface area contributed by atoms with E-state index in [1.807, 2.05) is 25.1 Å². The van der Waals surface area contributed by atoms with Crippen LogP contribution in [0.2, 0.25) is 0 Å². The Bertz CT molecular complexity index is 422. The van der Waals surface area contributed by atoms with Gasteiger partial charge in [-0.2, -0.15) is 0 Å². The Balaban J connectivity index is 0.00000400. The van der Waals surface area contributed by atoms with Crippen LogP contribution in [0.25, 0.3) is 0 Å². The number of nitrogens with one attached hydrogen (secondary N) is 2. The molecule has 0 atom stereocenters. The Labute approximate surface area is 145 Å². The van der Waals surface area contributed by atoms with Gasteiger partial charge in [0.2, 0.25) is 0 Å². The molecule has 0 saturated carbocycles. The van der Waals surface area contributed by atoms with Crippen molar-refractivity contribution in [1.29, 1.82) is 0 Å². The van der Waals surface area contributed by atoms with Crippen LogP contribution in [0.3, 0.4) is 0 Å². The Morgan fingerprint density at radius 2 is 1.95 bits per heavy atom. The van der Waals surface area contributed by atoms with E-state index in [-0.39, 0.29) is 24.0 Å². The van der Waals surface area contributed by atoms with Crippen molar-refractivity contribution >= 4 is 29.9 Å². The van der Waals surface area contributed by atoms with Gasteiger partial charge in [-0.25, -0.2) is 0 Å². The molecule has 0 heterocycles. The molecule has 1 rings (SSSR count). The van der Waals surface area contributed by atoms with Gasteiger partial charge in [-0.1, -0.05) is 32.0 Å². The molecule has 0 unspecified atom stereocenters. The molecule has 1 aromatic rings. The summed E-state index contributed by atoms with van der Waals surface area (Å²) in [6.07, 6.45) is 1.14. The lowest BCUT2D eigenvalue weighted by atomic mass is 10.1. The standard InChI is InChI=1S/C16H27N3O.HI/c1-5-20-15-9-7-6-8-14(15)12-19-16(17-4)18-11-10-13(2)3;/h6-9,13H,5,10-12H2,1-4H3,(H2,17,18,19);1H. The zero-order valence-corrected chi connectivity index (χ0v) is 15.8. The van der Waals surface area contributed by atoms with Gasteiger partial charge in [-0.05, 0) is 25.3 Å². The molecule has 120 valence electrons. The number of hydrogen-bond donors (Lipinski definition) is 2. The van der Waals surface area contributed by atoms with E-state index in [0.717, 1.165) is 30.2 Å². The van der Waals surface area contributed by atoms with Gasteiger partial charge in [0.1, 0.15) is 5.75 Å². The number of nitrogens with zero attached hydrogens (tertiary/aromatic N) is 1. The first-order valence-corrected chi connectivity index (χ1v) is 7.32. The second kappa shape index (κ2) is 11.7. The van der Waals surface area contributed by atoms with Crippen LogP contribution in [-0.4, -0.2) is 26.2 Å². The van der Waals surface area contributed by atoms with Crippen LogP contribution in [-0.2, 0) is 6.54 Å². The lowest BCUT2D eigenvalue weighted by molar-refractivity contribution is 0.336. The van der Waals surface area contributed by atoms with E-state index in [9.17, 15) is 0 Å². The highest BCUT2D eigenvalue weighted by Gasteiger charge is 2.04. The van der Waals surface area contributed by atoms with Crippen molar-refractivity contribution in [3.63, 3.8) is 0 Å². The first-order valence-electron chi connectivity index (χ1n) is 7.32. The molecule has 1 aromatic carbocycles. The first-order chi connectivity index (χ1) is 9.67. The number of hydrogen-bond acceptors (Lipinski definition) is 2. The van der Waals surface area contributed by atoms with Gasteiger partial charge in [0.15, 0.2) is 5.96 Å². The highest BCUT2D eigenvalue weighted by molar-refractivity contribution is 14.0. The molecule has 2 N–H and O–H groups in total. The smallest absolute Gasteiger partial charge is 0.191 e. The fourth-order valence-corrected chi connectivity index (χ4v) is 1.82. The summed E-state index contributed by atoms with van der Waals surface area (Å²) in [4.78, 5) is 4.23. The third-order valence-electron chi connectivity index (χ3n) is 2.96. The number of ether oxygens (including phenoxy) is 1. The quantitative estimate of drug-likeness (QED) is 0.415. The zero-order valence-electron chi connectivity index (χ0n) is 13.5. The molecule has 5 heteroatoms. The number of halogens is 1. The van der Waals surface area contributed by atoms with E-state index >= 15 is 0 Å². The summed E-state index contributed by atoms with van der Waals surface area (Å²) in [5.74, 6) is 2.45. The lowest BCUT2D eigenvalue weighted by Gasteiger charge is -2.14. The second-order valence-corrected chi connectivity index (χ2v) is 5.08. The summed E-state index contributed by atoms with van der Waals surface area (Å²) < 4.78 is 5.62. The normalized spacial score (nSPS) is 11.0. The van der Waals surface area contributed by atoms with Gasteiger partial charge in [-0.3, -0.25) is 4.99 Å². The van der Waals surface area contributed by atoms with E-state index in [1.54, 1.807) is 7.05 Å². The van der Waals surface area contributed by atoms with Crippen molar-refractivity contribution in [2.45, 2.75) is 33.7 Å². The van der Waals surface area contributed by atoms with E-state index in [2.05, 4.69) is 35.5 Å². The summed E-state index contributed by atoms with van der Waals surface area (Å²) in [5, 5.41) is 6.64. The highest BCUT2D eigenvalue weighted by Crippen LogP contribution is 2.17. The molecule has 21 heavy (non-hydrogen) atoms. The van der Waals surface area contributed by atoms with Crippen molar-refractivity contribution < 1.29 is 4.74 Å². The number of aliphatic imine (C=N–C) groups is 1. The number of para-hydroxylation sites is 1. The van der Waals surface area contributed by atoms with Crippen LogP contribution in [0.1, 0.15) is 32.8 Å². The Kier molecular flexibility index (Phi) is 11.1. The van der Waals surface area contributed by atoms with Crippen LogP contribution in [0.5, 0.6) is 5.75 Å². The fraction of sp³-hybridized carbons (Fsp3) is 0.562. The van der Waals surface area contributed by atoms with E-state index in [4.69, 9.17) is 4.74 Å². The summed E-state index contributed by atoms with van der Waals surface area (Å²) in [5.41, 5.74) is 1.14. The molecule has 0 aliphatic carbocycles. The van der Waals surface area contributed by atoms with Crippen LogP contribution in [0, 0.1) is 5.92 Å². The monoisotopic (exact) mass is 405 g/mol. The van der Waals surface area contributed by atoms with Gasteiger partial charge in [0, 0.05) is 25.7 Å². The van der Waals surface area contributed by atoms with Gasteiger partial charge < -0.3 is 15.4 Å². The predicted molar refractivity (Wildman–Crippen MR) is 101 cm³/mol. The maximum atomic E-state index is 5.62. The summed E-state index contributed by atoms with van der Waals surface area (Å²) in [7, 11) is 1.79. The van der Waals surface area contributed by atoms with Crippen molar-refractivity contribution in [2.24, 2.45) is 10.9 Å². The molecule has 0 spiro atoms. The Morgan fingerprint density at radius 1 is 1.24 bits per heavy atom. The van der Waals surface area contributed by atoms with Gasteiger partial charge in [0.25, 0.3) is 0 Å². The molecule has 0 aliphatic rings. The zero-order chi connectivity index (χ0) is 14.8. The maximum absolute atomic E-state index is 5.62. The molecule has 0 radical (unpaired) electrons. The molecule has 0 aliphatic heterocycles. The average molecular weight is 405 g/mol. The largest absolute Gasteiger partial charge is 0.494 e. The maximum Gasteiger partial charge on any atom is 0.191 e. The SMILES string of the molecule is CCOc1ccccc1CNC(=NC)NCCC(C)C.I. The topological polar surface area (TPSA) is 45.6 Å². The van der Waals surface area contributed by atoms with Gasteiger partial charge in [-0.15, -0.1) is 24.0 Å². The van der Waals surface area contributed by atoms with Gasteiger partial charge in [0.05, 0.1) is 6.61 Å². The molecule has 0 aromatic heterocycles. The molecular formula is C16H28IN3O. The van der Waals surface area contributed by atoms with E-state index < -0.39 is 0 Å². The minimum Gasteiger partial charge on any atom is -0.494 e. The van der Waals surface area contributed by atoms with Gasteiger partial charge >= 0.3 is 0 Å². The molecule has 0 amide bonds. The van der Waals surface area contributed by atoms with E-state index in [1.165, 1.54) is 0 Å². The fourth-order valence-electron chi connectivity index (χ4n) is 1.82. The van der Waals surface area contributed by atoms with Crippen molar-refractivity contribution in [2.75, 3.05) is 20.2 Å². The molecule has 0 saturated heterocycles. The van der Waals surface area contributed by atoms with Crippen LogP contribution in [0.15, 0.2) is 29.3 Å². The van der Waals surface area contributed by atoms with Crippen molar-refractivity contribution in [3.8, 4) is 5.75 Å². The molecule has 0 fully saturated rings. The van der Waals surface area contributed by atoms with Crippen molar-refractivity contribution in [3.05, 3.63) is 29.8 Å². The third kappa shape index (κ3) is 8.14. The average Bonchev–Trinajstić information content (AvgIpc) is 2.44. The lowest BCUT2D eigenvalue weighted by Crippen LogP contribution is -2.37. The van der Waals surface area contributed by atoms with Crippen molar-refractivity contribution in [1.82, 2.24) is 10.6 Å².